The zero-order valence-corrected chi connectivity index (χ0v) is 12.0. The summed E-state index contributed by atoms with van der Waals surface area (Å²) in [6.45, 7) is 6.57. The molecule has 0 saturated carbocycles. The number of carbonyl (C=O) groups is 1. The van der Waals surface area contributed by atoms with Crippen molar-refractivity contribution < 1.29 is 9.32 Å². The first-order chi connectivity index (χ1) is 9.01. The van der Waals surface area contributed by atoms with Crippen LogP contribution in [0.5, 0.6) is 0 Å². The Hall–Kier alpha value is -1.36. The van der Waals surface area contributed by atoms with Gasteiger partial charge < -0.3 is 15.2 Å². The van der Waals surface area contributed by atoms with Crippen molar-refractivity contribution in [3.8, 4) is 0 Å². The molecule has 2 N–H and O–H groups in total. The molecular formula is C14H23N3O2. The van der Waals surface area contributed by atoms with Gasteiger partial charge in [0.15, 0.2) is 5.76 Å². The van der Waals surface area contributed by atoms with Crippen LogP contribution in [0.2, 0.25) is 0 Å². The van der Waals surface area contributed by atoms with E-state index in [2.05, 4.69) is 5.16 Å². The predicted octanol–water partition coefficient (Wildman–Crippen LogP) is 2.16. The average Bonchev–Trinajstić information content (AvgIpc) is 3.05. The molecule has 5 heteroatoms. The zero-order valence-electron chi connectivity index (χ0n) is 12.0. The van der Waals surface area contributed by atoms with Crippen molar-refractivity contribution >= 4 is 5.91 Å². The second-order valence-electron chi connectivity index (χ2n) is 5.39. The van der Waals surface area contributed by atoms with Gasteiger partial charge in [-0.3, -0.25) is 4.79 Å². The van der Waals surface area contributed by atoms with Gasteiger partial charge in [0.25, 0.3) is 0 Å². The topological polar surface area (TPSA) is 72.4 Å². The van der Waals surface area contributed by atoms with Crippen LogP contribution in [0.15, 0.2) is 10.6 Å². The Morgan fingerprint density at radius 2 is 2.26 bits per heavy atom. The third-order valence-corrected chi connectivity index (χ3v) is 4.18. The molecule has 0 bridgehead atoms. The van der Waals surface area contributed by atoms with Crippen molar-refractivity contribution in [1.29, 1.82) is 0 Å². The van der Waals surface area contributed by atoms with Gasteiger partial charge in [0, 0.05) is 12.6 Å². The van der Waals surface area contributed by atoms with Gasteiger partial charge in [-0.15, -0.1) is 0 Å². The molecular weight excluding hydrogens is 242 g/mol. The number of nitrogens with two attached hydrogens (primary N) is 1. The van der Waals surface area contributed by atoms with Crippen LogP contribution in [0.4, 0.5) is 0 Å². The van der Waals surface area contributed by atoms with E-state index in [1.54, 1.807) is 0 Å². The van der Waals surface area contributed by atoms with Crippen LogP contribution in [-0.4, -0.2) is 28.0 Å². The molecule has 1 aliphatic rings. The highest BCUT2D eigenvalue weighted by molar-refractivity contribution is 5.86. The highest BCUT2D eigenvalue weighted by Gasteiger charge is 2.40. The molecule has 0 aliphatic carbocycles. The summed E-state index contributed by atoms with van der Waals surface area (Å²) in [7, 11) is 0. The maximum absolute atomic E-state index is 12.7. The van der Waals surface area contributed by atoms with E-state index in [1.165, 1.54) is 0 Å². The summed E-state index contributed by atoms with van der Waals surface area (Å²) < 4.78 is 5.32. The molecule has 106 valence electrons. The Morgan fingerprint density at radius 1 is 1.58 bits per heavy atom. The number of aryl methyl sites for hydroxylation is 1. The number of rotatable bonds is 4. The van der Waals surface area contributed by atoms with E-state index in [0.29, 0.717) is 12.8 Å². The summed E-state index contributed by atoms with van der Waals surface area (Å²) in [5.74, 6) is 0.812. The van der Waals surface area contributed by atoms with E-state index in [1.807, 2.05) is 31.7 Å². The lowest BCUT2D eigenvalue weighted by atomic mass is 9.92. The molecule has 5 nitrogen and oxygen atoms in total. The third kappa shape index (κ3) is 2.52. The first-order valence-electron chi connectivity index (χ1n) is 7.05. The largest absolute Gasteiger partial charge is 0.359 e. The van der Waals surface area contributed by atoms with Crippen molar-refractivity contribution in [1.82, 2.24) is 10.1 Å². The van der Waals surface area contributed by atoms with Crippen LogP contribution in [-0.2, 0) is 4.79 Å². The molecule has 19 heavy (non-hydrogen) atoms. The van der Waals surface area contributed by atoms with Gasteiger partial charge in [0.1, 0.15) is 0 Å². The minimum absolute atomic E-state index is 0.00488. The number of amides is 1. The summed E-state index contributed by atoms with van der Waals surface area (Å²) in [5, 5.41) is 3.91. The van der Waals surface area contributed by atoms with E-state index in [9.17, 15) is 4.79 Å². The van der Waals surface area contributed by atoms with Gasteiger partial charge in [-0.25, -0.2) is 0 Å². The number of nitrogens with zero attached hydrogens (tertiary/aromatic N) is 2. The summed E-state index contributed by atoms with van der Waals surface area (Å²) in [5.41, 5.74) is 6.32. The lowest BCUT2D eigenvalue weighted by molar-refractivity contribution is -0.138. The number of likely N-dealkylation sites (tertiary alicyclic amines) is 1. The fourth-order valence-electron chi connectivity index (χ4n) is 2.68. The van der Waals surface area contributed by atoms with Gasteiger partial charge in [-0.2, -0.15) is 0 Å². The smallest absolute Gasteiger partial charge is 0.243 e. The summed E-state index contributed by atoms with van der Waals surface area (Å²) in [6, 6.07) is 1.90. The maximum Gasteiger partial charge on any atom is 0.243 e. The van der Waals surface area contributed by atoms with E-state index in [4.69, 9.17) is 10.3 Å². The third-order valence-electron chi connectivity index (χ3n) is 4.18. The van der Waals surface area contributed by atoms with Gasteiger partial charge >= 0.3 is 0 Å². The van der Waals surface area contributed by atoms with E-state index in [-0.39, 0.29) is 11.9 Å². The Labute approximate surface area is 114 Å². The van der Waals surface area contributed by atoms with Crippen molar-refractivity contribution in [2.75, 3.05) is 6.54 Å². The van der Waals surface area contributed by atoms with Crippen LogP contribution in [0.25, 0.3) is 0 Å². The minimum atomic E-state index is -0.752. The number of hydrogen-bond acceptors (Lipinski definition) is 4. The second kappa shape index (κ2) is 5.33. The van der Waals surface area contributed by atoms with Crippen molar-refractivity contribution in [2.24, 2.45) is 5.73 Å². The number of carbonyl (C=O) groups excluding carboxylic acids is 1. The molecule has 1 atom stereocenters. The fraction of sp³-hybridized carbons (Fsp3) is 0.714. The molecule has 0 spiro atoms. The quantitative estimate of drug-likeness (QED) is 0.905. The zero-order chi connectivity index (χ0) is 14.0. The first-order valence-corrected chi connectivity index (χ1v) is 7.05. The summed E-state index contributed by atoms with van der Waals surface area (Å²) >= 11 is 0. The minimum Gasteiger partial charge on any atom is -0.359 e. The monoisotopic (exact) mass is 265 g/mol. The van der Waals surface area contributed by atoms with Crippen LogP contribution in [0.1, 0.15) is 57.0 Å². The first kappa shape index (κ1) is 14.1. The molecule has 1 aromatic heterocycles. The Morgan fingerprint density at radius 3 is 2.79 bits per heavy atom. The van der Waals surface area contributed by atoms with Crippen LogP contribution in [0.3, 0.4) is 0 Å². The standard InChI is InChI=1S/C14H23N3O2/c1-4-14(15,5-2)13(18)17-8-6-7-11(17)12-9-10(3)16-19-12/h9,11H,4-8,15H2,1-3H3. The van der Waals surface area contributed by atoms with Crippen LogP contribution < -0.4 is 5.73 Å². The van der Waals surface area contributed by atoms with Crippen LogP contribution in [0, 0.1) is 6.92 Å². The molecule has 0 radical (unpaired) electrons. The van der Waals surface area contributed by atoms with Gasteiger partial charge in [-0.05, 0) is 32.6 Å². The van der Waals surface area contributed by atoms with E-state index < -0.39 is 5.54 Å². The lowest BCUT2D eigenvalue weighted by Gasteiger charge is -2.33. The molecule has 1 fully saturated rings. The highest BCUT2D eigenvalue weighted by Crippen LogP contribution is 2.34. The molecule has 1 unspecified atom stereocenters. The summed E-state index contributed by atoms with van der Waals surface area (Å²) in [6.07, 6.45) is 3.21. The van der Waals surface area contributed by atoms with Crippen LogP contribution >= 0.6 is 0 Å². The molecule has 0 aromatic carbocycles. The number of hydrogen-bond donors (Lipinski definition) is 1. The number of aromatic nitrogens is 1. The second-order valence-corrected chi connectivity index (χ2v) is 5.39. The van der Waals surface area contributed by atoms with E-state index >= 15 is 0 Å². The molecule has 1 amide bonds. The molecule has 2 heterocycles. The maximum atomic E-state index is 12.7. The van der Waals surface area contributed by atoms with Gasteiger partial charge in [-0.1, -0.05) is 19.0 Å². The van der Waals surface area contributed by atoms with Gasteiger partial charge in [0.05, 0.1) is 17.3 Å². The molecule has 2 rings (SSSR count). The molecule has 1 saturated heterocycles. The van der Waals surface area contributed by atoms with Crippen molar-refractivity contribution in [2.45, 2.75) is 58.0 Å². The Balaban J connectivity index is 2.21. The molecule has 1 aromatic rings. The Kier molecular flexibility index (Phi) is 3.94. The highest BCUT2D eigenvalue weighted by atomic mass is 16.5. The predicted molar refractivity (Wildman–Crippen MR) is 72.4 cm³/mol. The summed E-state index contributed by atoms with van der Waals surface area (Å²) in [4.78, 5) is 14.5. The lowest BCUT2D eigenvalue weighted by Crippen LogP contribution is -2.54. The van der Waals surface area contributed by atoms with Crippen molar-refractivity contribution in [3.63, 3.8) is 0 Å². The fourth-order valence-corrected chi connectivity index (χ4v) is 2.68. The normalized spacial score (nSPS) is 20.0. The SMILES string of the molecule is CCC(N)(CC)C(=O)N1CCCC1c1cc(C)no1. The average molecular weight is 265 g/mol. The van der Waals surface area contributed by atoms with Crippen molar-refractivity contribution in [3.05, 3.63) is 17.5 Å². The van der Waals surface area contributed by atoms with E-state index in [0.717, 1.165) is 30.8 Å². The Bertz CT molecular complexity index is 451. The molecule has 1 aliphatic heterocycles. The van der Waals surface area contributed by atoms with Gasteiger partial charge in [0.2, 0.25) is 5.91 Å².